The molecule has 2 aromatic rings. The minimum absolute atomic E-state index is 0.169. The van der Waals surface area contributed by atoms with Crippen molar-refractivity contribution in [3.63, 3.8) is 0 Å². The number of ether oxygens (including phenoxy) is 1. The summed E-state index contributed by atoms with van der Waals surface area (Å²) in [5.41, 5.74) is 0.873. The van der Waals surface area contributed by atoms with Crippen molar-refractivity contribution in [1.82, 2.24) is 14.5 Å². The number of imidazole rings is 1. The third kappa shape index (κ3) is 3.32. The van der Waals surface area contributed by atoms with Gasteiger partial charge in [0.05, 0.1) is 0 Å². The summed E-state index contributed by atoms with van der Waals surface area (Å²) >= 11 is 0. The van der Waals surface area contributed by atoms with E-state index in [4.69, 9.17) is 4.74 Å². The quantitative estimate of drug-likeness (QED) is 0.646. The first-order valence-corrected chi connectivity index (χ1v) is 8.08. The minimum Gasteiger partial charge on any atom is -0.474 e. The van der Waals surface area contributed by atoms with Crippen molar-refractivity contribution < 1.29 is 9.66 Å². The highest BCUT2D eigenvalue weighted by atomic mass is 16.6. The maximum Gasteiger partial charge on any atom is 0.406 e. The van der Waals surface area contributed by atoms with E-state index in [1.165, 1.54) is 12.8 Å². The molecule has 1 aliphatic rings. The van der Waals surface area contributed by atoms with Gasteiger partial charge >= 0.3 is 5.82 Å². The number of anilines is 1. The van der Waals surface area contributed by atoms with Crippen LogP contribution in [0.5, 0.6) is 5.88 Å². The Morgan fingerprint density at radius 3 is 2.92 bits per heavy atom. The van der Waals surface area contributed by atoms with Gasteiger partial charge in [0.15, 0.2) is 0 Å². The molecule has 2 heterocycles. The Kier molecular flexibility index (Phi) is 4.64. The fourth-order valence-corrected chi connectivity index (χ4v) is 2.93. The Morgan fingerprint density at radius 2 is 2.21 bits per heavy atom. The predicted octanol–water partition coefficient (Wildman–Crippen LogP) is 2.97. The summed E-state index contributed by atoms with van der Waals surface area (Å²) in [5.74, 6) is 1.39. The molecule has 0 aliphatic heterocycles. The number of nitrogens with one attached hydrogen (secondary N) is 1. The van der Waals surface area contributed by atoms with Gasteiger partial charge in [0.25, 0.3) is 0 Å². The highest BCUT2D eigenvalue weighted by Gasteiger charge is 2.24. The zero-order chi connectivity index (χ0) is 17.1. The molecule has 24 heavy (non-hydrogen) atoms. The first-order chi connectivity index (χ1) is 11.6. The first kappa shape index (κ1) is 16.2. The summed E-state index contributed by atoms with van der Waals surface area (Å²) in [5, 5.41) is 14.3. The Morgan fingerprint density at radius 1 is 1.46 bits per heavy atom. The van der Waals surface area contributed by atoms with E-state index in [-0.39, 0.29) is 11.9 Å². The molecule has 8 nitrogen and oxygen atoms in total. The van der Waals surface area contributed by atoms with Crippen LogP contribution in [-0.2, 0) is 13.6 Å². The van der Waals surface area contributed by atoms with Crippen LogP contribution in [0.2, 0.25) is 0 Å². The van der Waals surface area contributed by atoms with Crippen LogP contribution in [0.15, 0.2) is 18.3 Å². The van der Waals surface area contributed by atoms with Crippen molar-refractivity contribution in [3.8, 4) is 5.88 Å². The van der Waals surface area contributed by atoms with Crippen molar-refractivity contribution in [2.24, 2.45) is 7.05 Å². The standard InChI is InChI=1S/C16H21N5O3/c1-11-19-15(21(22)23)14(20(11)2)18-10-12-6-5-9-17-16(12)24-13-7-3-4-8-13/h5-6,9,13,18H,3-4,7-8,10H2,1-2H3. The van der Waals surface area contributed by atoms with E-state index in [9.17, 15) is 10.1 Å². The number of aryl methyl sites for hydroxylation is 1. The summed E-state index contributed by atoms with van der Waals surface area (Å²) in [6, 6.07) is 3.75. The summed E-state index contributed by atoms with van der Waals surface area (Å²) in [7, 11) is 1.75. The Balaban J connectivity index is 1.76. The van der Waals surface area contributed by atoms with Gasteiger partial charge in [0, 0.05) is 32.3 Å². The lowest BCUT2D eigenvalue weighted by Gasteiger charge is -2.15. The van der Waals surface area contributed by atoms with Gasteiger partial charge in [-0.2, -0.15) is 0 Å². The van der Waals surface area contributed by atoms with Crippen molar-refractivity contribution in [3.05, 3.63) is 39.8 Å². The third-order valence-electron chi connectivity index (χ3n) is 4.35. The molecule has 8 heteroatoms. The summed E-state index contributed by atoms with van der Waals surface area (Å²) in [6.45, 7) is 2.12. The highest BCUT2D eigenvalue weighted by Crippen LogP contribution is 2.27. The van der Waals surface area contributed by atoms with Crippen molar-refractivity contribution in [2.75, 3.05) is 5.32 Å². The number of hydrogen-bond donors (Lipinski definition) is 1. The normalized spacial score (nSPS) is 14.8. The largest absolute Gasteiger partial charge is 0.474 e. The van der Waals surface area contributed by atoms with Crippen LogP contribution in [0.1, 0.15) is 37.1 Å². The SMILES string of the molecule is Cc1nc([N+](=O)[O-])c(NCc2cccnc2OC2CCCC2)n1C. The van der Waals surface area contributed by atoms with Gasteiger partial charge in [-0.05, 0) is 41.7 Å². The first-order valence-electron chi connectivity index (χ1n) is 8.08. The second kappa shape index (κ2) is 6.86. The lowest BCUT2D eigenvalue weighted by molar-refractivity contribution is -0.388. The molecule has 0 unspecified atom stereocenters. The number of rotatable bonds is 6. The molecule has 1 aliphatic carbocycles. The smallest absolute Gasteiger partial charge is 0.406 e. The van der Waals surface area contributed by atoms with Gasteiger partial charge < -0.3 is 20.2 Å². The van der Waals surface area contributed by atoms with Crippen molar-refractivity contribution in [2.45, 2.75) is 45.3 Å². The second-order valence-corrected chi connectivity index (χ2v) is 5.99. The molecular weight excluding hydrogens is 310 g/mol. The van der Waals surface area contributed by atoms with Crippen molar-refractivity contribution >= 4 is 11.6 Å². The molecule has 0 radical (unpaired) electrons. The van der Waals surface area contributed by atoms with E-state index >= 15 is 0 Å². The molecule has 0 amide bonds. The van der Waals surface area contributed by atoms with Crippen LogP contribution in [0.4, 0.5) is 11.6 Å². The third-order valence-corrected chi connectivity index (χ3v) is 4.35. The maximum atomic E-state index is 11.1. The molecular formula is C16H21N5O3. The number of nitro groups is 1. The zero-order valence-corrected chi connectivity index (χ0v) is 13.9. The van der Waals surface area contributed by atoms with E-state index < -0.39 is 4.92 Å². The Hall–Kier alpha value is -2.64. The van der Waals surface area contributed by atoms with Crippen LogP contribution in [0, 0.1) is 17.0 Å². The molecule has 1 saturated carbocycles. The van der Waals surface area contributed by atoms with Crippen LogP contribution in [0.25, 0.3) is 0 Å². The summed E-state index contributed by atoms with van der Waals surface area (Å²) in [6.07, 6.45) is 6.39. The van der Waals surface area contributed by atoms with Crippen LogP contribution in [0.3, 0.4) is 0 Å². The average Bonchev–Trinajstić information content (AvgIpc) is 3.16. The maximum absolute atomic E-state index is 11.1. The van der Waals surface area contributed by atoms with Crippen molar-refractivity contribution in [1.29, 1.82) is 0 Å². The number of nitrogens with zero attached hydrogens (tertiary/aromatic N) is 4. The monoisotopic (exact) mass is 331 g/mol. The molecule has 0 saturated heterocycles. The highest BCUT2D eigenvalue weighted by molar-refractivity contribution is 5.54. The van der Waals surface area contributed by atoms with E-state index in [0.29, 0.717) is 24.1 Å². The second-order valence-electron chi connectivity index (χ2n) is 5.99. The average molecular weight is 331 g/mol. The molecule has 0 bridgehead atoms. The van der Waals surface area contributed by atoms with Gasteiger partial charge in [-0.15, -0.1) is 0 Å². The lowest BCUT2D eigenvalue weighted by atomic mass is 10.2. The summed E-state index contributed by atoms with van der Waals surface area (Å²) in [4.78, 5) is 19.0. The van der Waals surface area contributed by atoms with Gasteiger partial charge in [0.1, 0.15) is 6.10 Å². The van der Waals surface area contributed by atoms with E-state index in [1.807, 2.05) is 12.1 Å². The van der Waals surface area contributed by atoms with E-state index in [1.54, 1.807) is 24.7 Å². The van der Waals surface area contributed by atoms with Gasteiger partial charge in [-0.1, -0.05) is 6.07 Å². The van der Waals surface area contributed by atoms with E-state index in [0.717, 1.165) is 18.4 Å². The van der Waals surface area contributed by atoms with Crippen LogP contribution in [-0.4, -0.2) is 25.6 Å². The zero-order valence-electron chi connectivity index (χ0n) is 13.9. The fraction of sp³-hybridized carbons (Fsp3) is 0.500. The van der Waals surface area contributed by atoms with Gasteiger partial charge in [0.2, 0.25) is 17.5 Å². The van der Waals surface area contributed by atoms with Crippen LogP contribution >= 0.6 is 0 Å². The van der Waals surface area contributed by atoms with E-state index in [2.05, 4.69) is 15.3 Å². The van der Waals surface area contributed by atoms with Gasteiger partial charge in [-0.25, -0.2) is 4.98 Å². The number of aromatic nitrogens is 3. The number of pyridine rings is 1. The molecule has 2 aromatic heterocycles. The topological polar surface area (TPSA) is 95.1 Å². The van der Waals surface area contributed by atoms with Crippen LogP contribution < -0.4 is 10.1 Å². The molecule has 0 aromatic carbocycles. The number of hydrogen-bond acceptors (Lipinski definition) is 6. The minimum atomic E-state index is -0.478. The van der Waals surface area contributed by atoms with Gasteiger partial charge in [-0.3, -0.25) is 4.57 Å². The molecule has 128 valence electrons. The Bertz CT molecular complexity index is 737. The molecule has 1 N–H and O–H groups in total. The Labute approximate surface area is 140 Å². The lowest BCUT2D eigenvalue weighted by Crippen LogP contribution is -2.14. The molecule has 1 fully saturated rings. The molecule has 0 atom stereocenters. The predicted molar refractivity (Wildman–Crippen MR) is 89.0 cm³/mol. The fourth-order valence-electron chi connectivity index (χ4n) is 2.93. The molecule has 3 rings (SSSR count). The molecule has 0 spiro atoms. The summed E-state index contributed by atoms with van der Waals surface area (Å²) < 4.78 is 7.67.